The minimum absolute atomic E-state index is 0.592. The summed E-state index contributed by atoms with van der Waals surface area (Å²) in [6.45, 7) is 6.45. The molecule has 2 heterocycles. The number of aromatic nitrogens is 3. The molecular weight excluding hydrogens is 236 g/mol. The van der Waals surface area contributed by atoms with Gasteiger partial charge in [-0.1, -0.05) is 13.8 Å². The lowest BCUT2D eigenvalue weighted by Gasteiger charge is -2.18. The molecule has 1 aromatic heterocycles. The van der Waals surface area contributed by atoms with Crippen molar-refractivity contribution in [3.63, 3.8) is 0 Å². The van der Waals surface area contributed by atoms with Crippen molar-refractivity contribution >= 4 is 5.69 Å². The summed E-state index contributed by atoms with van der Waals surface area (Å²) in [5.41, 5.74) is 3.83. The van der Waals surface area contributed by atoms with Gasteiger partial charge in [-0.25, -0.2) is 0 Å². The maximum absolute atomic E-state index is 4.28. The summed E-state index contributed by atoms with van der Waals surface area (Å²) in [5.74, 6) is 1.57. The van der Waals surface area contributed by atoms with Crippen LogP contribution in [0.3, 0.4) is 0 Å². The lowest BCUT2D eigenvalue weighted by atomic mass is 10.0. The zero-order valence-electron chi connectivity index (χ0n) is 11.6. The van der Waals surface area contributed by atoms with E-state index < -0.39 is 0 Å². The number of nitrogens with zero attached hydrogens (tertiary/aromatic N) is 3. The predicted octanol–water partition coefficient (Wildman–Crippen LogP) is 2.96. The first-order chi connectivity index (χ1) is 9.24. The fourth-order valence-electron chi connectivity index (χ4n) is 2.62. The molecule has 2 aromatic rings. The standard InChI is InChI=1S/C15H20N4/c1-11(2)9-19-10-17-18-15(19)13-5-6-14-12(8-13)4-3-7-16-14/h5-6,8,10-11,16H,3-4,7,9H2,1-2H3. The SMILES string of the molecule is CC(C)Cn1cnnc1-c1ccc2c(c1)CCCN2. The molecule has 0 saturated carbocycles. The number of nitrogens with one attached hydrogen (secondary N) is 1. The number of hydrogen-bond acceptors (Lipinski definition) is 3. The fourth-order valence-corrected chi connectivity index (χ4v) is 2.62. The number of benzene rings is 1. The average molecular weight is 256 g/mol. The Morgan fingerprint density at radius 1 is 1.37 bits per heavy atom. The molecule has 19 heavy (non-hydrogen) atoms. The van der Waals surface area contributed by atoms with Crippen LogP contribution in [0.25, 0.3) is 11.4 Å². The van der Waals surface area contributed by atoms with E-state index in [0.717, 1.165) is 25.3 Å². The Kier molecular flexibility index (Phi) is 3.23. The van der Waals surface area contributed by atoms with Gasteiger partial charge in [0.15, 0.2) is 5.82 Å². The summed E-state index contributed by atoms with van der Waals surface area (Å²) in [7, 11) is 0. The van der Waals surface area contributed by atoms with E-state index in [1.807, 2.05) is 6.33 Å². The monoisotopic (exact) mass is 256 g/mol. The Bertz CT molecular complexity index is 571. The minimum atomic E-state index is 0.592. The zero-order valence-corrected chi connectivity index (χ0v) is 11.6. The van der Waals surface area contributed by atoms with Crippen molar-refractivity contribution in [3.8, 4) is 11.4 Å². The zero-order chi connectivity index (χ0) is 13.2. The summed E-state index contributed by atoms with van der Waals surface area (Å²) in [4.78, 5) is 0. The maximum Gasteiger partial charge on any atom is 0.163 e. The topological polar surface area (TPSA) is 42.7 Å². The third-order valence-electron chi connectivity index (χ3n) is 3.48. The van der Waals surface area contributed by atoms with Crippen molar-refractivity contribution in [2.75, 3.05) is 11.9 Å². The molecule has 1 aliphatic heterocycles. The third-order valence-corrected chi connectivity index (χ3v) is 3.48. The van der Waals surface area contributed by atoms with Gasteiger partial charge in [0.2, 0.25) is 0 Å². The summed E-state index contributed by atoms with van der Waals surface area (Å²) in [6, 6.07) is 6.55. The van der Waals surface area contributed by atoms with Crippen LogP contribution in [0.2, 0.25) is 0 Å². The fraction of sp³-hybridized carbons (Fsp3) is 0.467. The molecule has 4 nitrogen and oxygen atoms in total. The maximum atomic E-state index is 4.28. The quantitative estimate of drug-likeness (QED) is 0.918. The van der Waals surface area contributed by atoms with Crippen LogP contribution in [0.15, 0.2) is 24.5 Å². The van der Waals surface area contributed by atoms with Gasteiger partial charge >= 0.3 is 0 Å². The lowest BCUT2D eigenvalue weighted by molar-refractivity contribution is 0.525. The Morgan fingerprint density at radius 3 is 3.11 bits per heavy atom. The Labute approximate surface area is 113 Å². The highest BCUT2D eigenvalue weighted by Gasteiger charge is 2.13. The largest absolute Gasteiger partial charge is 0.385 e. The van der Waals surface area contributed by atoms with Crippen molar-refractivity contribution in [3.05, 3.63) is 30.1 Å². The van der Waals surface area contributed by atoms with Gasteiger partial charge in [0.1, 0.15) is 6.33 Å². The van der Waals surface area contributed by atoms with Crippen LogP contribution in [0.5, 0.6) is 0 Å². The van der Waals surface area contributed by atoms with E-state index in [1.54, 1.807) is 0 Å². The number of rotatable bonds is 3. The normalized spacial score (nSPS) is 14.3. The predicted molar refractivity (Wildman–Crippen MR) is 77.1 cm³/mol. The molecule has 4 heteroatoms. The van der Waals surface area contributed by atoms with Crippen molar-refractivity contribution in [1.82, 2.24) is 14.8 Å². The van der Waals surface area contributed by atoms with Crippen LogP contribution in [0.1, 0.15) is 25.8 Å². The second-order valence-electron chi connectivity index (χ2n) is 5.60. The second-order valence-corrected chi connectivity index (χ2v) is 5.60. The van der Waals surface area contributed by atoms with E-state index in [-0.39, 0.29) is 0 Å². The Morgan fingerprint density at radius 2 is 2.26 bits per heavy atom. The van der Waals surface area contributed by atoms with Crippen molar-refractivity contribution < 1.29 is 0 Å². The molecule has 0 aliphatic carbocycles. The van der Waals surface area contributed by atoms with Gasteiger partial charge in [-0.15, -0.1) is 10.2 Å². The molecule has 0 unspecified atom stereocenters. The molecule has 1 aromatic carbocycles. The van der Waals surface area contributed by atoms with Crippen LogP contribution >= 0.6 is 0 Å². The molecule has 1 aliphatic rings. The van der Waals surface area contributed by atoms with Crippen molar-refractivity contribution in [1.29, 1.82) is 0 Å². The molecule has 100 valence electrons. The van der Waals surface area contributed by atoms with Gasteiger partial charge in [-0.05, 0) is 42.5 Å². The Balaban J connectivity index is 1.96. The van der Waals surface area contributed by atoms with Gasteiger partial charge in [0.25, 0.3) is 0 Å². The molecule has 0 spiro atoms. The van der Waals surface area contributed by atoms with Crippen LogP contribution in [0.4, 0.5) is 5.69 Å². The molecule has 0 saturated heterocycles. The third kappa shape index (κ3) is 2.48. The average Bonchev–Trinajstić information content (AvgIpc) is 2.85. The molecule has 0 fully saturated rings. The summed E-state index contributed by atoms with van der Waals surface area (Å²) >= 11 is 0. The molecule has 1 N–H and O–H groups in total. The highest BCUT2D eigenvalue weighted by molar-refractivity contribution is 5.64. The minimum Gasteiger partial charge on any atom is -0.385 e. The van der Waals surface area contributed by atoms with E-state index in [2.05, 4.69) is 52.1 Å². The second kappa shape index (κ2) is 5.03. The van der Waals surface area contributed by atoms with E-state index in [1.165, 1.54) is 23.2 Å². The smallest absolute Gasteiger partial charge is 0.163 e. The van der Waals surface area contributed by atoms with E-state index in [9.17, 15) is 0 Å². The van der Waals surface area contributed by atoms with Gasteiger partial charge in [-0.2, -0.15) is 0 Å². The molecule has 3 rings (SSSR count). The molecule has 0 bridgehead atoms. The number of fused-ring (bicyclic) bond motifs is 1. The van der Waals surface area contributed by atoms with Gasteiger partial charge < -0.3 is 9.88 Å². The van der Waals surface area contributed by atoms with Gasteiger partial charge in [0.05, 0.1) is 0 Å². The lowest BCUT2D eigenvalue weighted by Crippen LogP contribution is -2.12. The first-order valence-corrected chi connectivity index (χ1v) is 6.99. The highest BCUT2D eigenvalue weighted by atomic mass is 15.3. The van der Waals surface area contributed by atoms with E-state index in [0.29, 0.717) is 5.92 Å². The molecular formula is C15H20N4. The summed E-state index contributed by atoms with van der Waals surface area (Å²) < 4.78 is 2.14. The summed E-state index contributed by atoms with van der Waals surface area (Å²) in [5, 5.41) is 11.8. The number of anilines is 1. The highest BCUT2D eigenvalue weighted by Crippen LogP contribution is 2.27. The molecule has 0 atom stereocenters. The van der Waals surface area contributed by atoms with Gasteiger partial charge in [-0.3, -0.25) is 0 Å². The van der Waals surface area contributed by atoms with Crippen LogP contribution in [0, 0.1) is 5.92 Å². The van der Waals surface area contributed by atoms with E-state index >= 15 is 0 Å². The summed E-state index contributed by atoms with van der Waals surface area (Å²) in [6.07, 6.45) is 4.18. The molecule has 0 amide bonds. The van der Waals surface area contributed by atoms with Crippen LogP contribution in [-0.4, -0.2) is 21.3 Å². The van der Waals surface area contributed by atoms with Crippen LogP contribution in [-0.2, 0) is 13.0 Å². The van der Waals surface area contributed by atoms with Gasteiger partial charge in [0, 0.05) is 24.3 Å². The van der Waals surface area contributed by atoms with Crippen molar-refractivity contribution in [2.24, 2.45) is 5.92 Å². The Hall–Kier alpha value is -1.84. The van der Waals surface area contributed by atoms with Crippen LogP contribution < -0.4 is 5.32 Å². The number of hydrogen-bond donors (Lipinski definition) is 1. The van der Waals surface area contributed by atoms with Crippen molar-refractivity contribution in [2.45, 2.75) is 33.2 Å². The first kappa shape index (κ1) is 12.2. The first-order valence-electron chi connectivity index (χ1n) is 6.99. The number of aryl methyl sites for hydroxylation is 1. The van der Waals surface area contributed by atoms with E-state index in [4.69, 9.17) is 0 Å². The molecule has 0 radical (unpaired) electrons.